The fourth-order valence-electron chi connectivity index (χ4n) is 1.22. The number of carbonyl (C=O) groups excluding carboxylic acids is 1. The molecule has 1 amide bonds. The maximum atomic E-state index is 11.5. The molecule has 0 aliphatic carbocycles. The normalized spacial score (nSPS) is 11.8. The number of carbonyl (C=O) groups is 1. The maximum absolute atomic E-state index is 11.5. The first-order valence-electron chi connectivity index (χ1n) is 4.86. The average molecular weight is 264 g/mol. The molecule has 16 heavy (non-hydrogen) atoms. The molecule has 1 rings (SSSR count). The van der Waals surface area contributed by atoms with Gasteiger partial charge in [-0.3, -0.25) is 4.79 Å². The quantitative estimate of drug-likeness (QED) is 0.894. The molecule has 6 heteroatoms. The van der Waals surface area contributed by atoms with E-state index in [-0.39, 0.29) is 24.4 Å². The molecule has 0 spiro atoms. The second-order valence-electron chi connectivity index (χ2n) is 3.68. The SMILES string of the molecule is Cc1ncc(CN[C@H](C)C(=O)N(C)C)s1.Cl. The summed E-state index contributed by atoms with van der Waals surface area (Å²) in [6, 6.07) is -0.151. The molecule has 1 atom stereocenters. The van der Waals surface area contributed by atoms with E-state index < -0.39 is 0 Å². The largest absolute Gasteiger partial charge is 0.347 e. The van der Waals surface area contributed by atoms with Crippen LogP contribution in [-0.4, -0.2) is 35.9 Å². The van der Waals surface area contributed by atoms with E-state index >= 15 is 0 Å². The van der Waals surface area contributed by atoms with Crippen LogP contribution in [-0.2, 0) is 11.3 Å². The smallest absolute Gasteiger partial charge is 0.238 e. The summed E-state index contributed by atoms with van der Waals surface area (Å²) >= 11 is 1.65. The predicted octanol–water partition coefficient (Wildman–Crippen LogP) is 1.44. The van der Waals surface area contributed by atoms with Gasteiger partial charge in [0.15, 0.2) is 0 Å². The number of aromatic nitrogens is 1. The highest BCUT2D eigenvalue weighted by atomic mass is 35.5. The lowest BCUT2D eigenvalue weighted by Gasteiger charge is -2.17. The Labute approximate surface area is 106 Å². The Hall–Kier alpha value is -0.650. The standard InChI is InChI=1S/C10H17N3OS.ClH/c1-7(10(14)13(3)4)11-5-9-6-12-8(2)15-9;/h6-7,11H,5H2,1-4H3;1H/t7-;/m1./s1. The van der Waals surface area contributed by atoms with Gasteiger partial charge in [0.05, 0.1) is 11.0 Å². The summed E-state index contributed by atoms with van der Waals surface area (Å²) in [5, 5.41) is 4.23. The van der Waals surface area contributed by atoms with Crippen LogP contribution in [0.5, 0.6) is 0 Å². The summed E-state index contributed by atoms with van der Waals surface area (Å²) < 4.78 is 0. The van der Waals surface area contributed by atoms with Gasteiger partial charge in [0, 0.05) is 31.7 Å². The van der Waals surface area contributed by atoms with Gasteiger partial charge in [-0.25, -0.2) is 4.98 Å². The molecule has 0 bridgehead atoms. The summed E-state index contributed by atoms with van der Waals surface area (Å²) in [5.74, 6) is 0.0937. The van der Waals surface area contributed by atoms with Gasteiger partial charge in [0.2, 0.25) is 5.91 Å². The van der Waals surface area contributed by atoms with E-state index in [1.807, 2.05) is 20.0 Å². The third-order valence-electron chi connectivity index (χ3n) is 2.06. The van der Waals surface area contributed by atoms with E-state index in [0.29, 0.717) is 6.54 Å². The number of rotatable bonds is 4. The Bertz CT molecular complexity index is 341. The predicted molar refractivity (Wildman–Crippen MR) is 69.1 cm³/mol. The summed E-state index contributed by atoms with van der Waals surface area (Å²) in [6.45, 7) is 4.55. The van der Waals surface area contributed by atoms with Crippen molar-refractivity contribution in [3.8, 4) is 0 Å². The van der Waals surface area contributed by atoms with E-state index in [1.54, 1.807) is 30.3 Å². The highest BCUT2D eigenvalue weighted by Gasteiger charge is 2.13. The van der Waals surface area contributed by atoms with Gasteiger partial charge >= 0.3 is 0 Å². The molecule has 0 saturated heterocycles. The number of thiazole rings is 1. The molecule has 1 aromatic heterocycles. The molecule has 0 fully saturated rings. The van der Waals surface area contributed by atoms with Gasteiger partial charge in [0.1, 0.15) is 0 Å². The van der Waals surface area contributed by atoms with Crippen molar-refractivity contribution in [3.05, 3.63) is 16.1 Å². The molecule has 0 unspecified atom stereocenters. The molecule has 0 radical (unpaired) electrons. The van der Waals surface area contributed by atoms with Crippen LogP contribution >= 0.6 is 23.7 Å². The van der Waals surface area contributed by atoms with Gasteiger partial charge in [-0.15, -0.1) is 23.7 Å². The molecule has 92 valence electrons. The third-order valence-corrected chi connectivity index (χ3v) is 2.98. The number of hydrogen-bond donors (Lipinski definition) is 1. The summed E-state index contributed by atoms with van der Waals surface area (Å²) in [7, 11) is 3.52. The van der Waals surface area contributed by atoms with Crippen LogP contribution in [0.25, 0.3) is 0 Å². The molecule has 0 aliphatic heterocycles. The Morgan fingerprint density at radius 1 is 1.62 bits per heavy atom. The van der Waals surface area contributed by atoms with Crippen LogP contribution in [0, 0.1) is 6.92 Å². The zero-order valence-electron chi connectivity index (χ0n) is 9.98. The first-order valence-corrected chi connectivity index (χ1v) is 5.68. The Morgan fingerprint density at radius 2 is 2.25 bits per heavy atom. The number of likely N-dealkylation sites (N-methyl/N-ethyl adjacent to an activating group) is 1. The molecular weight excluding hydrogens is 246 g/mol. The number of aryl methyl sites for hydroxylation is 1. The minimum atomic E-state index is -0.151. The highest BCUT2D eigenvalue weighted by molar-refractivity contribution is 7.11. The van der Waals surface area contributed by atoms with Gasteiger partial charge in [-0.05, 0) is 13.8 Å². The molecule has 0 aliphatic rings. The lowest BCUT2D eigenvalue weighted by Crippen LogP contribution is -2.40. The zero-order chi connectivity index (χ0) is 11.4. The lowest BCUT2D eigenvalue weighted by molar-refractivity contribution is -0.130. The van der Waals surface area contributed by atoms with E-state index in [0.717, 1.165) is 9.88 Å². The first kappa shape index (κ1) is 15.3. The fraction of sp³-hybridized carbons (Fsp3) is 0.600. The molecule has 0 saturated carbocycles. The molecule has 4 nitrogen and oxygen atoms in total. The monoisotopic (exact) mass is 263 g/mol. The Kier molecular flexibility index (Phi) is 6.55. The van der Waals surface area contributed by atoms with Crippen molar-refractivity contribution in [3.63, 3.8) is 0 Å². The van der Waals surface area contributed by atoms with E-state index in [4.69, 9.17) is 0 Å². The molecular formula is C10H18ClN3OS. The molecule has 0 aromatic carbocycles. The molecule has 1 heterocycles. The second-order valence-corrected chi connectivity index (χ2v) is 5.00. The average Bonchev–Trinajstić information content (AvgIpc) is 2.59. The minimum Gasteiger partial charge on any atom is -0.347 e. The van der Waals surface area contributed by atoms with Crippen LogP contribution in [0.1, 0.15) is 16.8 Å². The van der Waals surface area contributed by atoms with E-state index in [2.05, 4.69) is 10.3 Å². The van der Waals surface area contributed by atoms with Crippen LogP contribution in [0.4, 0.5) is 0 Å². The van der Waals surface area contributed by atoms with Crippen molar-refractivity contribution in [2.24, 2.45) is 0 Å². The van der Waals surface area contributed by atoms with Crippen molar-refractivity contribution in [2.45, 2.75) is 26.4 Å². The number of nitrogens with zero attached hydrogens (tertiary/aromatic N) is 2. The highest BCUT2D eigenvalue weighted by Crippen LogP contribution is 2.10. The lowest BCUT2D eigenvalue weighted by atomic mass is 10.3. The van der Waals surface area contributed by atoms with E-state index in [9.17, 15) is 4.79 Å². The maximum Gasteiger partial charge on any atom is 0.238 e. The first-order chi connectivity index (χ1) is 7.00. The van der Waals surface area contributed by atoms with Crippen molar-refractivity contribution in [1.82, 2.24) is 15.2 Å². The number of halogens is 1. The van der Waals surface area contributed by atoms with Gasteiger partial charge in [-0.1, -0.05) is 0 Å². The van der Waals surface area contributed by atoms with E-state index in [1.165, 1.54) is 0 Å². The van der Waals surface area contributed by atoms with Crippen LogP contribution in [0.2, 0.25) is 0 Å². The summed E-state index contributed by atoms with van der Waals surface area (Å²) in [4.78, 5) is 18.4. The third kappa shape index (κ3) is 4.47. The minimum absolute atomic E-state index is 0. The van der Waals surface area contributed by atoms with Gasteiger partial charge in [0.25, 0.3) is 0 Å². The number of amides is 1. The van der Waals surface area contributed by atoms with Gasteiger partial charge in [-0.2, -0.15) is 0 Å². The zero-order valence-corrected chi connectivity index (χ0v) is 11.6. The summed E-state index contributed by atoms with van der Waals surface area (Å²) in [5.41, 5.74) is 0. The summed E-state index contributed by atoms with van der Waals surface area (Å²) in [6.07, 6.45) is 1.85. The van der Waals surface area contributed by atoms with Crippen molar-refractivity contribution in [2.75, 3.05) is 14.1 Å². The second kappa shape index (κ2) is 6.83. The molecule has 1 aromatic rings. The van der Waals surface area contributed by atoms with Crippen molar-refractivity contribution >= 4 is 29.7 Å². The number of nitrogens with one attached hydrogen (secondary N) is 1. The number of hydrogen-bond acceptors (Lipinski definition) is 4. The topological polar surface area (TPSA) is 45.2 Å². The Balaban J connectivity index is 0.00000225. The van der Waals surface area contributed by atoms with Crippen molar-refractivity contribution < 1.29 is 4.79 Å². The Morgan fingerprint density at radius 3 is 2.69 bits per heavy atom. The molecule has 1 N–H and O–H groups in total. The van der Waals surface area contributed by atoms with Crippen molar-refractivity contribution in [1.29, 1.82) is 0 Å². The van der Waals surface area contributed by atoms with Gasteiger partial charge < -0.3 is 10.2 Å². The van der Waals surface area contributed by atoms with Crippen LogP contribution in [0.3, 0.4) is 0 Å². The fourth-order valence-corrected chi connectivity index (χ4v) is 1.96. The van der Waals surface area contributed by atoms with Crippen LogP contribution < -0.4 is 5.32 Å². The van der Waals surface area contributed by atoms with Crippen LogP contribution in [0.15, 0.2) is 6.20 Å².